The Kier molecular flexibility index (Phi) is 4.45. The summed E-state index contributed by atoms with van der Waals surface area (Å²) in [6, 6.07) is 17.9. The maximum absolute atomic E-state index is 12.9. The first-order valence-corrected chi connectivity index (χ1v) is 8.86. The van der Waals surface area contributed by atoms with Crippen molar-refractivity contribution in [1.29, 1.82) is 0 Å². The molecule has 0 aliphatic heterocycles. The molecule has 0 atom stereocenters. The lowest BCUT2D eigenvalue weighted by molar-refractivity contribution is 0.102. The van der Waals surface area contributed by atoms with Gasteiger partial charge in [0.15, 0.2) is 5.65 Å². The molecule has 138 valence electrons. The van der Waals surface area contributed by atoms with Crippen LogP contribution in [0.1, 0.15) is 21.7 Å². The topological polar surface area (TPSA) is 76.9 Å². The van der Waals surface area contributed by atoms with E-state index >= 15 is 0 Å². The van der Waals surface area contributed by atoms with Crippen LogP contribution in [-0.2, 0) is 0 Å². The summed E-state index contributed by atoms with van der Waals surface area (Å²) in [6.07, 6.45) is 1.61. The van der Waals surface area contributed by atoms with Gasteiger partial charge >= 0.3 is 0 Å². The highest BCUT2D eigenvalue weighted by atomic mass is 16.1. The van der Waals surface area contributed by atoms with Crippen LogP contribution in [0.15, 0.2) is 71.7 Å². The first-order valence-electron chi connectivity index (χ1n) is 8.86. The van der Waals surface area contributed by atoms with Gasteiger partial charge in [0.05, 0.1) is 11.1 Å². The summed E-state index contributed by atoms with van der Waals surface area (Å²) in [7, 11) is 0. The number of amides is 1. The molecule has 0 radical (unpaired) electrons. The molecule has 6 nitrogen and oxygen atoms in total. The van der Waals surface area contributed by atoms with Crippen LogP contribution < -0.4 is 10.9 Å². The normalized spacial score (nSPS) is 10.8. The fourth-order valence-corrected chi connectivity index (χ4v) is 3.14. The Labute approximate surface area is 161 Å². The molecule has 2 heterocycles. The Balaban J connectivity index is 1.73. The zero-order valence-electron chi connectivity index (χ0n) is 15.5. The first kappa shape index (κ1) is 17.6. The number of aryl methyl sites for hydroxylation is 2. The Hall–Kier alpha value is -3.80. The third-order valence-corrected chi connectivity index (χ3v) is 4.45. The van der Waals surface area contributed by atoms with E-state index in [1.54, 1.807) is 55.6 Å². The fraction of sp³-hybridized carbons (Fsp3) is 0.0909. The number of hydrogen-bond donors (Lipinski definition) is 1. The summed E-state index contributed by atoms with van der Waals surface area (Å²) >= 11 is 0. The van der Waals surface area contributed by atoms with Gasteiger partial charge in [0.25, 0.3) is 11.5 Å². The van der Waals surface area contributed by atoms with Gasteiger partial charge in [0.2, 0.25) is 0 Å². The molecule has 4 aromatic rings. The third-order valence-electron chi connectivity index (χ3n) is 4.45. The molecule has 0 unspecified atom stereocenters. The summed E-state index contributed by atoms with van der Waals surface area (Å²) in [5, 5.41) is 3.33. The summed E-state index contributed by atoms with van der Waals surface area (Å²) in [4.78, 5) is 34.0. The molecule has 0 aliphatic rings. The molecule has 2 aromatic carbocycles. The molecule has 6 heteroatoms. The van der Waals surface area contributed by atoms with Crippen LogP contribution in [0.5, 0.6) is 0 Å². The number of carbonyl (C=O) groups excluding carboxylic acids is 1. The molecular formula is C22H18N4O2. The lowest BCUT2D eigenvalue weighted by Gasteiger charge is -2.12. The fourth-order valence-electron chi connectivity index (χ4n) is 3.14. The number of fused-ring (bicyclic) bond motifs is 1. The van der Waals surface area contributed by atoms with Gasteiger partial charge in [-0.25, -0.2) is 9.97 Å². The minimum absolute atomic E-state index is 0.197. The van der Waals surface area contributed by atoms with Crippen LogP contribution in [0.3, 0.4) is 0 Å². The molecule has 2 aromatic heterocycles. The number of benzene rings is 2. The quantitative estimate of drug-likeness (QED) is 0.597. The first-order chi connectivity index (χ1) is 13.5. The lowest BCUT2D eigenvalue weighted by Crippen LogP contribution is -2.22. The molecule has 1 N–H and O–H groups in total. The van der Waals surface area contributed by atoms with Crippen LogP contribution in [-0.4, -0.2) is 20.4 Å². The number of rotatable bonds is 3. The molecule has 0 aliphatic carbocycles. The van der Waals surface area contributed by atoms with E-state index in [9.17, 15) is 9.59 Å². The highest BCUT2D eigenvalue weighted by molar-refractivity contribution is 6.04. The average Bonchev–Trinajstić information content (AvgIpc) is 2.68. The van der Waals surface area contributed by atoms with Gasteiger partial charge in [0.1, 0.15) is 5.82 Å². The minimum Gasteiger partial charge on any atom is -0.322 e. The van der Waals surface area contributed by atoms with Crippen LogP contribution in [0, 0.1) is 13.8 Å². The van der Waals surface area contributed by atoms with Crippen molar-refractivity contribution in [2.24, 2.45) is 0 Å². The number of pyridine rings is 1. The van der Waals surface area contributed by atoms with Crippen molar-refractivity contribution in [1.82, 2.24) is 14.5 Å². The number of aromatic nitrogens is 3. The van der Waals surface area contributed by atoms with Gasteiger partial charge in [-0.15, -0.1) is 0 Å². The molecular weight excluding hydrogens is 352 g/mol. The van der Waals surface area contributed by atoms with Crippen molar-refractivity contribution < 1.29 is 4.79 Å². The monoisotopic (exact) mass is 370 g/mol. The van der Waals surface area contributed by atoms with E-state index in [-0.39, 0.29) is 11.5 Å². The van der Waals surface area contributed by atoms with Crippen molar-refractivity contribution in [2.45, 2.75) is 13.8 Å². The van der Waals surface area contributed by atoms with E-state index in [2.05, 4.69) is 15.3 Å². The Bertz CT molecular complexity index is 1260. The second-order valence-corrected chi connectivity index (χ2v) is 6.55. The average molecular weight is 370 g/mol. The molecule has 28 heavy (non-hydrogen) atoms. The number of anilines is 1. The Morgan fingerprint density at radius 1 is 1.00 bits per heavy atom. The highest BCUT2D eigenvalue weighted by Crippen LogP contribution is 2.17. The summed E-state index contributed by atoms with van der Waals surface area (Å²) in [6.45, 7) is 3.70. The van der Waals surface area contributed by atoms with Gasteiger partial charge in [-0.3, -0.25) is 14.2 Å². The van der Waals surface area contributed by atoms with Crippen LogP contribution >= 0.6 is 0 Å². The second kappa shape index (κ2) is 7.08. The summed E-state index contributed by atoms with van der Waals surface area (Å²) in [5.74, 6) is 0.323. The van der Waals surface area contributed by atoms with E-state index in [1.165, 1.54) is 4.57 Å². The van der Waals surface area contributed by atoms with E-state index in [4.69, 9.17) is 0 Å². The van der Waals surface area contributed by atoms with E-state index < -0.39 is 0 Å². The van der Waals surface area contributed by atoms with Gasteiger partial charge in [-0.05, 0) is 56.3 Å². The van der Waals surface area contributed by atoms with E-state index in [1.807, 2.05) is 25.1 Å². The van der Waals surface area contributed by atoms with Crippen molar-refractivity contribution in [3.63, 3.8) is 0 Å². The van der Waals surface area contributed by atoms with Crippen molar-refractivity contribution in [2.75, 3.05) is 5.32 Å². The van der Waals surface area contributed by atoms with Crippen LogP contribution in [0.4, 0.5) is 5.69 Å². The molecule has 0 saturated carbocycles. The van der Waals surface area contributed by atoms with Crippen LogP contribution in [0.2, 0.25) is 0 Å². The Morgan fingerprint density at radius 2 is 1.82 bits per heavy atom. The van der Waals surface area contributed by atoms with Crippen molar-refractivity contribution >= 4 is 22.6 Å². The Morgan fingerprint density at radius 3 is 2.64 bits per heavy atom. The predicted molar refractivity (Wildman–Crippen MR) is 109 cm³/mol. The standard InChI is InChI=1S/C22H18N4O2/c1-14-6-3-7-16(12-14)21(27)25-17-8-4-9-18(13-17)26-15(2)24-20-19(22(26)28)10-5-11-23-20/h3-13H,1-2H3,(H,25,27). The van der Waals surface area contributed by atoms with Gasteiger partial charge < -0.3 is 5.32 Å². The smallest absolute Gasteiger partial charge is 0.267 e. The number of nitrogens with one attached hydrogen (secondary N) is 1. The SMILES string of the molecule is Cc1cccc(C(=O)Nc2cccc(-n3c(C)nc4ncccc4c3=O)c2)c1. The lowest BCUT2D eigenvalue weighted by atomic mass is 10.1. The zero-order chi connectivity index (χ0) is 19.7. The highest BCUT2D eigenvalue weighted by Gasteiger charge is 2.12. The number of nitrogens with zero attached hydrogens (tertiary/aromatic N) is 3. The molecule has 0 saturated heterocycles. The summed E-state index contributed by atoms with van der Waals surface area (Å²) in [5.41, 5.74) is 3.05. The molecule has 1 amide bonds. The van der Waals surface area contributed by atoms with Crippen molar-refractivity contribution in [3.05, 3.63) is 94.2 Å². The summed E-state index contributed by atoms with van der Waals surface area (Å²) < 4.78 is 1.52. The van der Waals surface area contributed by atoms with Crippen molar-refractivity contribution in [3.8, 4) is 5.69 Å². The second-order valence-electron chi connectivity index (χ2n) is 6.55. The zero-order valence-corrected chi connectivity index (χ0v) is 15.5. The van der Waals surface area contributed by atoms with Gasteiger partial charge in [-0.1, -0.05) is 23.8 Å². The third kappa shape index (κ3) is 3.27. The number of carbonyl (C=O) groups is 1. The molecule has 0 bridgehead atoms. The largest absolute Gasteiger partial charge is 0.322 e. The maximum atomic E-state index is 12.9. The maximum Gasteiger partial charge on any atom is 0.267 e. The van der Waals surface area contributed by atoms with Gasteiger partial charge in [0, 0.05) is 17.4 Å². The predicted octanol–water partition coefficient (Wildman–Crippen LogP) is 3.65. The van der Waals surface area contributed by atoms with E-state index in [0.717, 1.165) is 5.56 Å². The van der Waals surface area contributed by atoms with Crippen LogP contribution in [0.25, 0.3) is 16.7 Å². The van der Waals surface area contributed by atoms with Gasteiger partial charge in [-0.2, -0.15) is 0 Å². The van der Waals surface area contributed by atoms with E-state index in [0.29, 0.717) is 33.8 Å². The molecule has 0 spiro atoms. The molecule has 4 rings (SSSR count). The number of hydrogen-bond acceptors (Lipinski definition) is 4. The molecule has 0 fully saturated rings. The minimum atomic E-state index is -0.203.